The van der Waals surface area contributed by atoms with Gasteiger partial charge in [0.15, 0.2) is 6.73 Å². The summed E-state index contributed by atoms with van der Waals surface area (Å²) in [5.41, 5.74) is -1.15. The molecule has 0 bridgehead atoms. The summed E-state index contributed by atoms with van der Waals surface area (Å²) in [7, 11) is 0. The van der Waals surface area contributed by atoms with Crippen LogP contribution in [0.5, 0.6) is 0 Å². The number of carbonyl (C=O) groups excluding carboxylic acids is 1. The highest BCUT2D eigenvalue weighted by Gasteiger charge is 2.54. The van der Waals surface area contributed by atoms with Crippen molar-refractivity contribution in [3.05, 3.63) is 0 Å². The zero-order chi connectivity index (χ0) is 13.0. The number of hydrogen-bond acceptors (Lipinski definition) is 5. The van der Waals surface area contributed by atoms with Crippen molar-refractivity contribution in [3.63, 3.8) is 0 Å². The fourth-order valence-corrected chi connectivity index (χ4v) is 7.11. The average molecular weight is 299 g/mol. The molecule has 1 heterocycles. The van der Waals surface area contributed by atoms with E-state index in [0.29, 0.717) is 6.61 Å². The Hall–Kier alpha value is 0.350. The maximum atomic E-state index is 12.0. The molecule has 1 N–H and O–H groups in total. The first-order chi connectivity index (χ1) is 8.08. The predicted octanol–water partition coefficient (Wildman–Crippen LogP) is 0.259. The normalized spacial score (nSPS) is 30.9. The third kappa shape index (κ3) is 3.22. The fourth-order valence-electron chi connectivity index (χ4n) is 1.74. The highest BCUT2D eigenvalue weighted by Crippen LogP contribution is 2.41. The number of rotatable bonds is 6. The Morgan fingerprint density at radius 3 is 2.76 bits per heavy atom. The molecule has 8 heteroatoms. The molecule has 1 amide bonds. The van der Waals surface area contributed by atoms with Crippen LogP contribution in [0, 0.1) is 0 Å². The van der Waals surface area contributed by atoms with Gasteiger partial charge in [0.2, 0.25) is 0 Å². The molecule has 4 atom stereocenters. The molecule has 0 saturated carbocycles. The summed E-state index contributed by atoms with van der Waals surface area (Å²) in [6.45, 7) is 2.29. The van der Waals surface area contributed by atoms with Crippen LogP contribution in [0.3, 0.4) is 0 Å². The lowest BCUT2D eigenvalue weighted by atomic mass is 10.4. The minimum absolute atomic E-state index is 0.318. The van der Waals surface area contributed by atoms with Crippen LogP contribution in [0.1, 0.15) is 20.3 Å². The summed E-state index contributed by atoms with van der Waals surface area (Å²) in [6.07, 6.45) is 1.71. The van der Waals surface area contributed by atoms with Crippen molar-refractivity contribution in [2.75, 3.05) is 19.5 Å². The van der Waals surface area contributed by atoms with Crippen LogP contribution in [0.15, 0.2) is 0 Å². The number of ether oxygens (including phenoxy) is 1. The van der Waals surface area contributed by atoms with Crippen molar-refractivity contribution in [1.29, 1.82) is 0 Å². The van der Waals surface area contributed by atoms with Gasteiger partial charge in [0, 0.05) is 6.61 Å². The molecule has 0 aromatic carbocycles. The van der Waals surface area contributed by atoms with Gasteiger partial charge in [0.05, 0.1) is 0 Å². The molecule has 1 aliphatic rings. The summed E-state index contributed by atoms with van der Waals surface area (Å²) >= 11 is 3.76. The molecule has 1 saturated heterocycles. The lowest BCUT2D eigenvalue weighted by Gasteiger charge is -2.18. The van der Waals surface area contributed by atoms with E-state index < -0.39 is 35.9 Å². The van der Waals surface area contributed by atoms with Crippen LogP contribution >= 0.6 is 6.70 Å². The van der Waals surface area contributed by atoms with E-state index >= 15 is 0 Å². The van der Waals surface area contributed by atoms with Gasteiger partial charge in [-0.25, -0.2) is 0 Å². The largest absolute Gasteiger partial charge is 0.591 e. The molecule has 17 heavy (non-hydrogen) atoms. The maximum absolute atomic E-state index is 12.0. The minimum atomic E-state index is -1.61. The van der Waals surface area contributed by atoms with Gasteiger partial charge in [-0.05, 0) is 19.8 Å². The van der Waals surface area contributed by atoms with Gasteiger partial charge >= 0.3 is 0 Å². The second kappa shape index (κ2) is 7.07. The quantitative estimate of drug-likeness (QED) is 0.562. The zero-order valence-corrected chi connectivity index (χ0v) is 12.6. The van der Waals surface area contributed by atoms with E-state index in [0.717, 1.165) is 16.9 Å². The summed E-state index contributed by atoms with van der Waals surface area (Å²) in [6, 6.07) is 0. The van der Waals surface area contributed by atoms with Crippen molar-refractivity contribution in [2.24, 2.45) is 0 Å². The average Bonchev–Trinajstić information content (AvgIpc) is 2.52. The van der Waals surface area contributed by atoms with Gasteiger partial charge in [-0.15, -0.1) is 4.31 Å². The van der Waals surface area contributed by atoms with Crippen LogP contribution in [0.2, 0.25) is 0 Å². The van der Waals surface area contributed by atoms with Crippen molar-refractivity contribution in [2.45, 2.75) is 31.4 Å². The number of nitrogens with zero attached hydrogens (tertiary/aromatic N) is 1. The van der Waals surface area contributed by atoms with Gasteiger partial charge in [-0.3, -0.25) is 4.79 Å². The number of amides is 1. The molecule has 0 aromatic rings. The highest BCUT2D eigenvalue weighted by molar-refractivity contribution is 8.06. The number of aliphatic hydroxyl groups is 1. The van der Waals surface area contributed by atoms with Crippen LogP contribution in [-0.4, -0.2) is 50.5 Å². The Bertz CT molecular complexity index is 305. The Kier molecular flexibility index (Phi) is 6.40. The number of hydrogen-bond donors (Lipinski definition) is 1. The molecule has 0 spiro atoms. The molecule has 4 unspecified atom stereocenters. The van der Waals surface area contributed by atoms with Crippen LogP contribution < -0.4 is 0 Å². The standard InChI is InChI=1S/C9H18NO4PS2/c1-3-5-15(16)7-8(12)10(6-11)17(13)9(7)14-4-2/h7,9,11,15H,3-6H2,1-2H3. The molecule has 0 radical (unpaired) electrons. The Labute approximate surface area is 110 Å². The molecule has 100 valence electrons. The highest BCUT2D eigenvalue weighted by atomic mass is 32.4. The Balaban J connectivity index is 2.90. The van der Waals surface area contributed by atoms with Gasteiger partial charge in [-0.1, -0.05) is 25.2 Å². The monoisotopic (exact) mass is 299 g/mol. The van der Waals surface area contributed by atoms with E-state index in [4.69, 9.17) is 21.7 Å². The molecular formula is C9H18NO4PS2. The summed E-state index contributed by atoms with van der Waals surface area (Å²) < 4.78 is 18.3. The van der Waals surface area contributed by atoms with Crippen LogP contribution in [0.4, 0.5) is 0 Å². The third-order valence-electron chi connectivity index (χ3n) is 2.50. The molecule has 1 aliphatic heterocycles. The molecule has 1 fully saturated rings. The molecule has 0 aromatic heterocycles. The zero-order valence-electron chi connectivity index (χ0n) is 9.92. The number of aliphatic hydroxyl groups excluding tert-OH is 1. The lowest BCUT2D eigenvalue weighted by Crippen LogP contribution is -2.33. The van der Waals surface area contributed by atoms with Gasteiger partial charge in [-0.2, -0.15) is 0 Å². The molecular weight excluding hydrogens is 281 g/mol. The topological polar surface area (TPSA) is 72.8 Å². The summed E-state index contributed by atoms with van der Waals surface area (Å²) in [5, 5.41) is 9.06. The molecule has 5 nitrogen and oxygen atoms in total. The van der Waals surface area contributed by atoms with E-state index in [1.54, 1.807) is 6.92 Å². The van der Waals surface area contributed by atoms with E-state index in [9.17, 15) is 9.35 Å². The van der Waals surface area contributed by atoms with E-state index in [2.05, 4.69) is 0 Å². The summed E-state index contributed by atoms with van der Waals surface area (Å²) in [5.74, 6) is -0.318. The number of carbonyl (C=O) groups is 1. The fraction of sp³-hybridized carbons (Fsp3) is 0.889. The van der Waals surface area contributed by atoms with Gasteiger partial charge in [0.1, 0.15) is 17.0 Å². The first-order valence-electron chi connectivity index (χ1n) is 5.55. The third-order valence-corrected chi connectivity index (χ3v) is 7.89. The first kappa shape index (κ1) is 15.4. The van der Waals surface area contributed by atoms with Crippen molar-refractivity contribution >= 4 is 35.8 Å². The predicted molar refractivity (Wildman–Crippen MR) is 72.1 cm³/mol. The van der Waals surface area contributed by atoms with Gasteiger partial charge < -0.3 is 14.4 Å². The SMILES string of the molecule is CCC[PH](=S)C1C(=O)N(CO)[S+]([O-])C1OCC. The van der Waals surface area contributed by atoms with Crippen LogP contribution in [0.25, 0.3) is 0 Å². The second-order valence-corrected chi connectivity index (χ2v) is 8.74. The van der Waals surface area contributed by atoms with Crippen molar-refractivity contribution in [1.82, 2.24) is 4.31 Å². The van der Waals surface area contributed by atoms with E-state index in [1.807, 2.05) is 6.92 Å². The van der Waals surface area contributed by atoms with Crippen molar-refractivity contribution in [3.8, 4) is 0 Å². The first-order valence-corrected chi connectivity index (χ1v) is 9.64. The van der Waals surface area contributed by atoms with E-state index in [-0.39, 0.29) is 5.91 Å². The minimum Gasteiger partial charge on any atom is -0.591 e. The lowest BCUT2D eigenvalue weighted by molar-refractivity contribution is -0.127. The second-order valence-electron chi connectivity index (χ2n) is 3.65. The van der Waals surface area contributed by atoms with Gasteiger partial charge in [0.25, 0.3) is 11.3 Å². The van der Waals surface area contributed by atoms with Crippen LogP contribution in [-0.2, 0) is 32.7 Å². The summed E-state index contributed by atoms with van der Waals surface area (Å²) in [4.78, 5) is 12.0. The molecule has 1 rings (SSSR count). The molecule has 0 aliphatic carbocycles. The smallest absolute Gasteiger partial charge is 0.282 e. The Morgan fingerprint density at radius 1 is 1.65 bits per heavy atom. The maximum Gasteiger partial charge on any atom is 0.282 e. The van der Waals surface area contributed by atoms with E-state index in [1.165, 1.54) is 0 Å². The Morgan fingerprint density at radius 2 is 2.29 bits per heavy atom. The van der Waals surface area contributed by atoms with Crippen molar-refractivity contribution < 1.29 is 19.2 Å².